The van der Waals surface area contributed by atoms with E-state index in [-0.39, 0.29) is 5.82 Å². The Hall–Kier alpha value is -0.740. The summed E-state index contributed by atoms with van der Waals surface area (Å²) in [4.78, 5) is 3.73. The second-order valence-corrected chi connectivity index (χ2v) is 6.54. The lowest BCUT2D eigenvalue weighted by Crippen LogP contribution is -2.44. The quantitative estimate of drug-likeness (QED) is 0.775. The van der Waals surface area contributed by atoms with Crippen molar-refractivity contribution >= 4 is 17.4 Å². The summed E-state index contributed by atoms with van der Waals surface area (Å²) >= 11 is 1.83. The molecule has 1 aromatic rings. The van der Waals surface area contributed by atoms with E-state index in [9.17, 15) is 4.39 Å². The maximum atomic E-state index is 13.8. The van der Waals surface area contributed by atoms with Crippen LogP contribution in [0.1, 0.15) is 24.3 Å². The van der Waals surface area contributed by atoms with Crippen LogP contribution >= 0.6 is 11.8 Å². The molecule has 1 aromatic carbocycles. The van der Waals surface area contributed by atoms with Crippen LogP contribution in [0.15, 0.2) is 17.0 Å². The average molecular weight is 264 g/mol. The molecule has 0 bridgehead atoms. The molecular formula is C14H17FN2S. The van der Waals surface area contributed by atoms with E-state index in [1.54, 1.807) is 12.1 Å². The van der Waals surface area contributed by atoms with Gasteiger partial charge in [-0.05, 0) is 42.8 Å². The summed E-state index contributed by atoms with van der Waals surface area (Å²) in [7, 11) is 0. The Morgan fingerprint density at radius 1 is 1.39 bits per heavy atom. The molecule has 3 aliphatic rings. The molecule has 4 rings (SSSR count). The Bertz CT molecular complexity index is 491. The lowest BCUT2D eigenvalue weighted by Gasteiger charge is -2.33. The highest BCUT2D eigenvalue weighted by Crippen LogP contribution is 2.49. The molecule has 0 aromatic heterocycles. The van der Waals surface area contributed by atoms with Gasteiger partial charge >= 0.3 is 0 Å². The van der Waals surface area contributed by atoms with Gasteiger partial charge in [0.25, 0.3) is 0 Å². The summed E-state index contributed by atoms with van der Waals surface area (Å²) in [6, 6.07) is 4.10. The normalized spacial score (nSPS) is 29.7. The van der Waals surface area contributed by atoms with Crippen molar-refractivity contribution in [1.82, 2.24) is 5.32 Å². The molecule has 96 valence electrons. The maximum Gasteiger partial charge on any atom is 0.124 e. The molecule has 1 saturated heterocycles. The number of benzene rings is 1. The Morgan fingerprint density at radius 3 is 3.28 bits per heavy atom. The van der Waals surface area contributed by atoms with E-state index in [1.807, 2.05) is 11.8 Å². The molecule has 2 nitrogen and oxygen atoms in total. The zero-order valence-electron chi connectivity index (χ0n) is 10.3. The number of hydrogen-bond donors (Lipinski definition) is 1. The first-order chi connectivity index (χ1) is 8.84. The zero-order valence-corrected chi connectivity index (χ0v) is 11.1. The Morgan fingerprint density at radius 2 is 2.33 bits per heavy atom. The van der Waals surface area contributed by atoms with Gasteiger partial charge in [0, 0.05) is 29.9 Å². The first-order valence-electron chi connectivity index (χ1n) is 6.78. The molecule has 2 atom stereocenters. The minimum atomic E-state index is -0.0654. The van der Waals surface area contributed by atoms with Gasteiger partial charge in [0.15, 0.2) is 0 Å². The van der Waals surface area contributed by atoms with Crippen molar-refractivity contribution in [2.45, 2.75) is 29.7 Å². The van der Waals surface area contributed by atoms with Gasteiger partial charge in [-0.2, -0.15) is 0 Å². The number of hydrogen-bond acceptors (Lipinski definition) is 3. The summed E-state index contributed by atoms with van der Waals surface area (Å²) in [6.07, 6.45) is 2.39. The van der Waals surface area contributed by atoms with Crippen molar-refractivity contribution < 1.29 is 4.39 Å². The van der Waals surface area contributed by atoms with Gasteiger partial charge in [-0.25, -0.2) is 4.39 Å². The molecule has 18 heavy (non-hydrogen) atoms. The van der Waals surface area contributed by atoms with E-state index in [1.165, 1.54) is 24.1 Å². The predicted molar refractivity (Wildman–Crippen MR) is 73.1 cm³/mol. The molecule has 3 aliphatic heterocycles. The molecule has 3 heterocycles. The van der Waals surface area contributed by atoms with Gasteiger partial charge in [0.05, 0.1) is 5.69 Å². The third kappa shape index (κ3) is 1.51. The van der Waals surface area contributed by atoms with E-state index in [2.05, 4.69) is 10.2 Å². The van der Waals surface area contributed by atoms with Crippen LogP contribution in [0.25, 0.3) is 0 Å². The van der Waals surface area contributed by atoms with Crippen LogP contribution in [0.3, 0.4) is 0 Å². The standard InChI is InChI=1S/C14H17FN2S/c15-9-6-10-11-8-16-3-2-12(11)17-4-1-5-18-13(7-9)14(10)17/h6-7,11-12,16H,1-5,8H2/t11-,12-/m1/s1. The molecule has 0 spiro atoms. The number of nitrogens with one attached hydrogen (secondary N) is 1. The van der Waals surface area contributed by atoms with Crippen molar-refractivity contribution in [2.75, 3.05) is 30.3 Å². The highest BCUT2D eigenvalue weighted by molar-refractivity contribution is 7.99. The second-order valence-electron chi connectivity index (χ2n) is 5.40. The summed E-state index contributed by atoms with van der Waals surface area (Å²) < 4.78 is 13.8. The monoisotopic (exact) mass is 264 g/mol. The number of fused-ring (bicyclic) bond motifs is 3. The highest BCUT2D eigenvalue weighted by atomic mass is 32.2. The number of nitrogens with zero attached hydrogens (tertiary/aromatic N) is 1. The molecule has 0 saturated carbocycles. The minimum absolute atomic E-state index is 0.0654. The topological polar surface area (TPSA) is 15.3 Å². The maximum absolute atomic E-state index is 13.8. The fraction of sp³-hybridized carbons (Fsp3) is 0.571. The number of thioether (sulfide) groups is 1. The van der Waals surface area contributed by atoms with Crippen LogP contribution in [0.5, 0.6) is 0 Å². The summed E-state index contributed by atoms with van der Waals surface area (Å²) in [6.45, 7) is 3.23. The van der Waals surface area contributed by atoms with E-state index in [0.717, 1.165) is 30.3 Å². The third-order valence-corrected chi connectivity index (χ3v) is 5.52. The summed E-state index contributed by atoms with van der Waals surface area (Å²) in [5, 5.41) is 3.46. The minimum Gasteiger partial charge on any atom is -0.367 e. The molecule has 0 unspecified atom stereocenters. The van der Waals surface area contributed by atoms with Crippen LogP contribution in [-0.2, 0) is 0 Å². The molecule has 0 amide bonds. The average Bonchev–Trinajstić information content (AvgIpc) is 2.55. The van der Waals surface area contributed by atoms with Gasteiger partial charge in [0.1, 0.15) is 5.82 Å². The Labute approximate surface area is 111 Å². The van der Waals surface area contributed by atoms with E-state index in [4.69, 9.17) is 0 Å². The fourth-order valence-corrected chi connectivity index (χ4v) is 4.75. The van der Waals surface area contributed by atoms with Crippen molar-refractivity contribution in [1.29, 1.82) is 0 Å². The first kappa shape index (κ1) is 11.1. The van der Waals surface area contributed by atoms with E-state index < -0.39 is 0 Å². The Balaban J connectivity index is 1.90. The highest BCUT2D eigenvalue weighted by Gasteiger charge is 2.41. The molecule has 1 fully saturated rings. The summed E-state index contributed by atoms with van der Waals surface area (Å²) in [5.74, 6) is 1.54. The Kier molecular flexibility index (Phi) is 2.55. The van der Waals surface area contributed by atoms with Crippen LogP contribution in [-0.4, -0.2) is 31.4 Å². The lowest BCUT2D eigenvalue weighted by atomic mass is 9.90. The van der Waals surface area contributed by atoms with E-state index in [0.29, 0.717) is 12.0 Å². The zero-order chi connectivity index (χ0) is 12.1. The van der Waals surface area contributed by atoms with E-state index >= 15 is 0 Å². The number of halogens is 1. The van der Waals surface area contributed by atoms with Gasteiger partial charge in [-0.1, -0.05) is 0 Å². The first-order valence-corrected chi connectivity index (χ1v) is 7.77. The largest absolute Gasteiger partial charge is 0.367 e. The number of anilines is 1. The van der Waals surface area contributed by atoms with Gasteiger partial charge in [-0.15, -0.1) is 11.8 Å². The number of rotatable bonds is 0. The van der Waals surface area contributed by atoms with Crippen molar-refractivity contribution in [3.63, 3.8) is 0 Å². The smallest absolute Gasteiger partial charge is 0.124 e. The predicted octanol–water partition coefficient (Wildman–Crippen LogP) is 2.59. The fourth-order valence-electron chi connectivity index (χ4n) is 3.69. The van der Waals surface area contributed by atoms with Crippen LogP contribution in [0.2, 0.25) is 0 Å². The van der Waals surface area contributed by atoms with Crippen LogP contribution in [0, 0.1) is 5.82 Å². The van der Waals surface area contributed by atoms with Gasteiger partial charge in [0.2, 0.25) is 0 Å². The van der Waals surface area contributed by atoms with Gasteiger partial charge < -0.3 is 10.2 Å². The van der Waals surface area contributed by atoms with Crippen molar-refractivity contribution in [2.24, 2.45) is 0 Å². The molecular weight excluding hydrogens is 247 g/mol. The van der Waals surface area contributed by atoms with Gasteiger partial charge in [-0.3, -0.25) is 0 Å². The second kappa shape index (κ2) is 4.14. The number of piperidine rings is 1. The third-order valence-electron chi connectivity index (χ3n) is 4.40. The molecule has 4 heteroatoms. The molecule has 1 N–H and O–H groups in total. The van der Waals surface area contributed by atoms with Crippen molar-refractivity contribution in [3.05, 3.63) is 23.5 Å². The SMILES string of the molecule is Fc1cc2c3c(c1)[C@H]1CNCC[C@H]1N3CCCS2. The molecule has 0 radical (unpaired) electrons. The van der Waals surface area contributed by atoms with Crippen LogP contribution < -0.4 is 10.2 Å². The molecule has 0 aliphatic carbocycles. The van der Waals surface area contributed by atoms with Crippen molar-refractivity contribution in [3.8, 4) is 0 Å². The lowest BCUT2D eigenvalue weighted by molar-refractivity contribution is 0.402. The van der Waals surface area contributed by atoms with Crippen LogP contribution in [0.4, 0.5) is 10.1 Å². The summed E-state index contributed by atoms with van der Waals surface area (Å²) in [5.41, 5.74) is 2.59.